The van der Waals surface area contributed by atoms with Crippen LogP contribution in [0, 0.1) is 0 Å². The van der Waals surface area contributed by atoms with Crippen LogP contribution >= 0.6 is 0 Å². The highest BCUT2D eigenvalue weighted by Gasteiger charge is 2.19. The van der Waals surface area contributed by atoms with E-state index in [4.69, 9.17) is 14.2 Å². The summed E-state index contributed by atoms with van der Waals surface area (Å²) in [6, 6.07) is 0. The predicted molar refractivity (Wildman–Crippen MR) is 344 cm³/mol. The van der Waals surface area contributed by atoms with Crippen LogP contribution in [-0.4, -0.2) is 37.2 Å². The van der Waals surface area contributed by atoms with Crippen LogP contribution in [0.1, 0.15) is 342 Å². The lowest BCUT2D eigenvalue weighted by atomic mass is 10.0. The molecule has 6 nitrogen and oxygen atoms in total. The molecular weight excluding hydrogens is 973 g/mol. The average Bonchev–Trinajstić information content (AvgIpc) is 3.45. The maximum Gasteiger partial charge on any atom is 0.306 e. The molecule has 0 saturated carbocycles. The summed E-state index contributed by atoms with van der Waals surface area (Å²) in [5, 5.41) is 0. The minimum absolute atomic E-state index is 0.0763. The highest BCUT2D eigenvalue weighted by Crippen LogP contribution is 2.17. The molecular formula is C73H128O6. The first-order valence-electron chi connectivity index (χ1n) is 34.1. The molecule has 0 heterocycles. The fourth-order valence-corrected chi connectivity index (χ4v) is 9.80. The molecule has 0 aliphatic heterocycles. The van der Waals surface area contributed by atoms with Gasteiger partial charge in [-0.05, 0) is 96.3 Å². The molecule has 1 unspecified atom stereocenters. The number of carbonyl (C=O) groups is 3. The maximum atomic E-state index is 12.9. The number of rotatable bonds is 62. The minimum atomic E-state index is -0.778. The quantitative estimate of drug-likeness (QED) is 0.0261. The van der Waals surface area contributed by atoms with Crippen molar-refractivity contribution in [3.05, 3.63) is 85.1 Å². The van der Waals surface area contributed by atoms with Gasteiger partial charge in [0, 0.05) is 19.3 Å². The number of hydrogen-bond donors (Lipinski definition) is 0. The highest BCUT2D eigenvalue weighted by molar-refractivity contribution is 5.71. The van der Waals surface area contributed by atoms with Gasteiger partial charge in [-0.1, -0.05) is 311 Å². The zero-order valence-corrected chi connectivity index (χ0v) is 52.4. The van der Waals surface area contributed by atoms with Crippen LogP contribution in [0.3, 0.4) is 0 Å². The Labute approximate surface area is 490 Å². The molecule has 0 fully saturated rings. The summed E-state index contributed by atoms with van der Waals surface area (Å²) in [6.45, 7) is 6.50. The van der Waals surface area contributed by atoms with E-state index in [1.165, 1.54) is 199 Å². The molecule has 0 aliphatic rings. The Kier molecular flexibility index (Phi) is 64.2. The van der Waals surface area contributed by atoms with Crippen molar-refractivity contribution < 1.29 is 28.6 Å². The Morgan fingerprint density at radius 2 is 0.494 bits per heavy atom. The van der Waals surface area contributed by atoms with Gasteiger partial charge in [-0.15, -0.1) is 0 Å². The van der Waals surface area contributed by atoms with Crippen molar-refractivity contribution in [2.24, 2.45) is 0 Å². The van der Waals surface area contributed by atoms with Crippen LogP contribution in [0.2, 0.25) is 0 Å². The van der Waals surface area contributed by atoms with E-state index in [9.17, 15) is 14.4 Å². The summed E-state index contributed by atoms with van der Waals surface area (Å²) in [6.07, 6.45) is 89.2. The summed E-state index contributed by atoms with van der Waals surface area (Å²) in [5.74, 6) is -0.877. The van der Waals surface area contributed by atoms with Crippen molar-refractivity contribution in [3.63, 3.8) is 0 Å². The second-order valence-corrected chi connectivity index (χ2v) is 22.7. The van der Waals surface area contributed by atoms with Gasteiger partial charge in [-0.25, -0.2) is 0 Å². The molecule has 0 aromatic rings. The topological polar surface area (TPSA) is 78.9 Å². The molecule has 0 aliphatic carbocycles. The van der Waals surface area contributed by atoms with Crippen molar-refractivity contribution in [3.8, 4) is 0 Å². The van der Waals surface area contributed by atoms with E-state index < -0.39 is 6.10 Å². The predicted octanol–water partition coefficient (Wildman–Crippen LogP) is 23.4. The SMILES string of the molecule is CC/C=C\C/C=C\C/C=C\C/C=C\CCCCCCCCCCC(=O)OC(COC(=O)CCCCCCCCC)COC(=O)CCCCCCCCCCCCCCCCCCCC/C=C\C/C=C\C/C=C\CCCCCCC. The molecule has 0 N–H and O–H groups in total. The standard InChI is InChI=1S/C73H128O6/c1-4-7-10-13-16-18-20-22-24-26-28-30-31-32-33-34-35-36-37-38-39-40-41-43-44-46-48-50-52-54-57-60-63-66-72(75)78-69-70(68-77-71(74)65-62-59-56-15-12-9-6-3)79-73(76)67-64-61-58-55-53-51-49-47-45-42-29-27-25-23-21-19-17-14-11-8-5-2/h8,11,17,19-20,22-23,25-26,28-29,31-32,42,70H,4-7,9-10,12-16,18,21,24,27,30,33-41,43-69H2,1-3H3/b11-8-,19-17-,22-20-,25-23-,28-26-,32-31-,42-29-. The normalized spacial score (nSPS) is 12.6. The van der Waals surface area contributed by atoms with E-state index in [1.54, 1.807) is 0 Å². The van der Waals surface area contributed by atoms with Crippen molar-refractivity contribution in [1.29, 1.82) is 0 Å². The zero-order valence-electron chi connectivity index (χ0n) is 52.4. The molecule has 6 heteroatoms. The number of hydrogen-bond acceptors (Lipinski definition) is 6. The summed E-state index contributed by atoms with van der Waals surface area (Å²) in [5.41, 5.74) is 0. The molecule has 0 bridgehead atoms. The lowest BCUT2D eigenvalue weighted by Gasteiger charge is -2.18. The van der Waals surface area contributed by atoms with Crippen LogP contribution in [0.5, 0.6) is 0 Å². The summed E-state index contributed by atoms with van der Waals surface area (Å²) >= 11 is 0. The highest BCUT2D eigenvalue weighted by atomic mass is 16.6. The molecule has 456 valence electrons. The Hall–Kier alpha value is -3.41. The Morgan fingerprint density at radius 3 is 0.772 bits per heavy atom. The smallest absolute Gasteiger partial charge is 0.306 e. The third kappa shape index (κ3) is 65.3. The lowest BCUT2D eigenvalue weighted by molar-refractivity contribution is -0.167. The zero-order chi connectivity index (χ0) is 57.1. The van der Waals surface area contributed by atoms with E-state index in [0.29, 0.717) is 19.3 Å². The first-order valence-corrected chi connectivity index (χ1v) is 34.1. The van der Waals surface area contributed by atoms with Gasteiger partial charge in [-0.3, -0.25) is 14.4 Å². The summed E-state index contributed by atoms with van der Waals surface area (Å²) in [4.78, 5) is 38.1. The number of ether oxygens (including phenoxy) is 3. The van der Waals surface area contributed by atoms with Crippen molar-refractivity contribution in [2.75, 3.05) is 13.2 Å². The van der Waals surface area contributed by atoms with Gasteiger partial charge in [0.15, 0.2) is 6.10 Å². The van der Waals surface area contributed by atoms with Crippen molar-refractivity contribution in [1.82, 2.24) is 0 Å². The van der Waals surface area contributed by atoms with E-state index in [2.05, 4.69) is 106 Å². The van der Waals surface area contributed by atoms with E-state index >= 15 is 0 Å². The number of esters is 3. The molecule has 0 spiro atoms. The fourth-order valence-electron chi connectivity index (χ4n) is 9.80. The van der Waals surface area contributed by atoms with E-state index in [0.717, 1.165) is 103 Å². The van der Waals surface area contributed by atoms with Gasteiger partial charge in [0.2, 0.25) is 0 Å². The third-order valence-corrected chi connectivity index (χ3v) is 14.9. The molecule has 0 amide bonds. The van der Waals surface area contributed by atoms with Crippen molar-refractivity contribution in [2.45, 2.75) is 348 Å². The third-order valence-electron chi connectivity index (χ3n) is 14.9. The van der Waals surface area contributed by atoms with Gasteiger partial charge < -0.3 is 14.2 Å². The second-order valence-electron chi connectivity index (χ2n) is 22.7. The number of allylic oxidation sites excluding steroid dienone is 14. The Balaban J connectivity index is 4.04. The van der Waals surface area contributed by atoms with E-state index in [-0.39, 0.29) is 31.1 Å². The molecule has 0 saturated heterocycles. The van der Waals surface area contributed by atoms with Crippen LogP contribution < -0.4 is 0 Å². The Bertz CT molecular complexity index is 1500. The van der Waals surface area contributed by atoms with Gasteiger partial charge in [0.05, 0.1) is 0 Å². The van der Waals surface area contributed by atoms with Crippen LogP contribution in [0.15, 0.2) is 85.1 Å². The van der Waals surface area contributed by atoms with Crippen LogP contribution in [-0.2, 0) is 28.6 Å². The maximum absolute atomic E-state index is 12.9. The molecule has 0 rings (SSSR count). The largest absolute Gasteiger partial charge is 0.462 e. The first-order chi connectivity index (χ1) is 39.0. The first kappa shape index (κ1) is 75.6. The second kappa shape index (κ2) is 67.1. The van der Waals surface area contributed by atoms with Gasteiger partial charge in [-0.2, -0.15) is 0 Å². The lowest BCUT2D eigenvalue weighted by Crippen LogP contribution is -2.30. The van der Waals surface area contributed by atoms with Crippen LogP contribution in [0.4, 0.5) is 0 Å². The van der Waals surface area contributed by atoms with Gasteiger partial charge in [0.25, 0.3) is 0 Å². The summed E-state index contributed by atoms with van der Waals surface area (Å²) in [7, 11) is 0. The number of carbonyl (C=O) groups excluding carboxylic acids is 3. The molecule has 79 heavy (non-hydrogen) atoms. The fraction of sp³-hybridized carbons (Fsp3) is 0.767. The van der Waals surface area contributed by atoms with Gasteiger partial charge in [0.1, 0.15) is 13.2 Å². The van der Waals surface area contributed by atoms with Crippen LogP contribution in [0.25, 0.3) is 0 Å². The number of unbranched alkanes of at least 4 members (excludes halogenated alkanes) is 37. The Morgan fingerprint density at radius 1 is 0.266 bits per heavy atom. The summed E-state index contributed by atoms with van der Waals surface area (Å²) < 4.78 is 16.9. The average molecular weight is 1100 g/mol. The molecule has 0 aromatic heterocycles. The molecule has 0 aromatic carbocycles. The molecule has 0 radical (unpaired) electrons. The van der Waals surface area contributed by atoms with Gasteiger partial charge >= 0.3 is 17.9 Å². The monoisotopic (exact) mass is 1100 g/mol. The minimum Gasteiger partial charge on any atom is -0.462 e. The van der Waals surface area contributed by atoms with E-state index in [1.807, 2.05) is 0 Å². The molecule has 1 atom stereocenters. The van der Waals surface area contributed by atoms with Crippen molar-refractivity contribution >= 4 is 17.9 Å².